The largest absolute Gasteiger partial charge is 0.373 e. The van der Waals surface area contributed by atoms with Gasteiger partial charge in [0, 0.05) is 16.3 Å². The summed E-state index contributed by atoms with van der Waals surface area (Å²) in [5.41, 5.74) is 0. The van der Waals surface area contributed by atoms with Crippen molar-refractivity contribution in [1.82, 2.24) is 5.32 Å². The van der Waals surface area contributed by atoms with Gasteiger partial charge < -0.3 is 10.1 Å². The quantitative estimate of drug-likeness (QED) is 0.842. The summed E-state index contributed by atoms with van der Waals surface area (Å²) in [6.45, 7) is 4.07. The Kier molecular flexibility index (Phi) is 5.67. The van der Waals surface area contributed by atoms with Crippen molar-refractivity contribution >= 4 is 11.3 Å². The van der Waals surface area contributed by atoms with Gasteiger partial charge in [0.25, 0.3) is 0 Å². The molecule has 0 aliphatic heterocycles. The van der Waals surface area contributed by atoms with Crippen LogP contribution in [0.2, 0.25) is 0 Å². The normalized spacial score (nSPS) is 24.3. The number of ether oxygens (including phenoxy) is 1. The van der Waals surface area contributed by atoms with Gasteiger partial charge >= 0.3 is 0 Å². The molecule has 1 N–H and O–H groups in total. The van der Waals surface area contributed by atoms with Crippen molar-refractivity contribution in [2.45, 2.75) is 58.3 Å². The first-order valence-corrected chi connectivity index (χ1v) is 7.97. The summed E-state index contributed by atoms with van der Waals surface area (Å²) < 4.78 is 6.08. The Hall–Kier alpha value is -0.380. The smallest absolute Gasteiger partial charge is 0.0813 e. The van der Waals surface area contributed by atoms with Crippen LogP contribution in [0.25, 0.3) is 0 Å². The van der Waals surface area contributed by atoms with Crippen LogP contribution in [-0.2, 0) is 17.9 Å². The molecule has 3 heteroatoms. The molecule has 0 spiro atoms. The van der Waals surface area contributed by atoms with Crippen molar-refractivity contribution in [1.29, 1.82) is 0 Å². The second kappa shape index (κ2) is 7.27. The van der Waals surface area contributed by atoms with E-state index in [1.165, 1.54) is 41.9 Å². The summed E-state index contributed by atoms with van der Waals surface area (Å²) in [7, 11) is 1.99. The Morgan fingerprint density at radius 1 is 1.33 bits per heavy atom. The second-order valence-electron chi connectivity index (χ2n) is 5.27. The van der Waals surface area contributed by atoms with Crippen LogP contribution in [0, 0.1) is 5.92 Å². The molecule has 18 heavy (non-hydrogen) atoms. The number of thiophene rings is 1. The van der Waals surface area contributed by atoms with Crippen molar-refractivity contribution in [2.75, 3.05) is 7.05 Å². The number of hydrogen-bond acceptors (Lipinski definition) is 3. The molecule has 1 saturated carbocycles. The molecular formula is C15H25NOS. The highest BCUT2D eigenvalue weighted by atomic mass is 32.1. The summed E-state index contributed by atoms with van der Waals surface area (Å²) in [6, 6.07) is 4.41. The van der Waals surface area contributed by atoms with Gasteiger partial charge in [0.1, 0.15) is 0 Å². The fourth-order valence-corrected chi connectivity index (χ4v) is 3.69. The molecular weight excluding hydrogens is 242 g/mol. The molecule has 1 heterocycles. The first-order chi connectivity index (χ1) is 8.81. The van der Waals surface area contributed by atoms with E-state index < -0.39 is 0 Å². The molecule has 1 fully saturated rings. The van der Waals surface area contributed by atoms with Crippen molar-refractivity contribution in [3.8, 4) is 0 Å². The van der Waals surface area contributed by atoms with Gasteiger partial charge in [-0.25, -0.2) is 0 Å². The molecule has 0 amide bonds. The maximum Gasteiger partial charge on any atom is 0.0813 e. The maximum atomic E-state index is 6.08. The van der Waals surface area contributed by atoms with Crippen molar-refractivity contribution in [2.24, 2.45) is 5.92 Å². The summed E-state index contributed by atoms with van der Waals surface area (Å²) in [4.78, 5) is 2.75. The van der Waals surface area contributed by atoms with Crippen LogP contribution < -0.4 is 5.32 Å². The summed E-state index contributed by atoms with van der Waals surface area (Å²) >= 11 is 1.87. The average molecular weight is 267 g/mol. The van der Waals surface area contributed by atoms with Crippen LogP contribution in [0.5, 0.6) is 0 Å². The fourth-order valence-electron chi connectivity index (χ4n) is 2.73. The summed E-state index contributed by atoms with van der Waals surface area (Å²) in [5.74, 6) is 0.895. The first-order valence-electron chi connectivity index (χ1n) is 7.15. The van der Waals surface area contributed by atoms with E-state index in [0.717, 1.165) is 19.1 Å². The molecule has 0 saturated heterocycles. The monoisotopic (exact) mass is 267 g/mol. The summed E-state index contributed by atoms with van der Waals surface area (Å²) in [5, 5.41) is 3.19. The lowest BCUT2D eigenvalue weighted by atomic mass is 9.85. The number of nitrogens with one attached hydrogen (secondary N) is 1. The average Bonchev–Trinajstić information content (AvgIpc) is 2.85. The molecule has 2 atom stereocenters. The lowest BCUT2D eigenvalue weighted by Crippen LogP contribution is -2.22. The molecule has 1 aromatic heterocycles. The zero-order valence-corrected chi connectivity index (χ0v) is 12.4. The third-order valence-electron chi connectivity index (χ3n) is 3.84. The van der Waals surface area contributed by atoms with Crippen molar-refractivity contribution in [3.63, 3.8) is 0 Å². The lowest BCUT2D eigenvalue weighted by molar-refractivity contribution is 0.00298. The van der Waals surface area contributed by atoms with Gasteiger partial charge in [-0.1, -0.05) is 26.2 Å². The number of rotatable bonds is 6. The van der Waals surface area contributed by atoms with Crippen LogP contribution in [0.15, 0.2) is 12.1 Å². The first kappa shape index (κ1) is 14.0. The highest BCUT2D eigenvalue weighted by Crippen LogP contribution is 2.29. The third kappa shape index (κ3) is 4.08. The van der Waals surface area contributed by atoms with Gasteiger partial charge in [0.15, 0.2) is 0 Å². The third-order valence-corrected chi connectivity index (χ3v) is 4.90. The molecule has 0 bridgehead atoms. The van der Waals surface area contributed by atoms with Crippen molar-refractivity contribution in [3.05, 3.63) is 21.9 Å². The van der Waals surface area contributed by atoms with Crippen LogP contribution >= 0.6 is 11.3 Å². The van der Waals surface area contributed by atoms with E-state index in [2.05, 4.69) is 24.4 Å². The molecule has 2 rings (SSSR count). The molecule has 102 valence electrons. The topological polar surface area (TPSA) is 21.3 Å². The lowest BCUT2D eigenvalue weighted by Gasteiger charge is -2.28. The van der Waals surface area contributed by atoms with Crippen LogP contribution in [0.1, 0.15) is 48.8 Å². The molecule has 0 radical (unpaired) electrons. The molecule has 2 nitrogen and oxygen atoms in total. The molecule has 1 aromatic rings. The Labute approximate surface area is 115 Å². The van der Waals surface area contributed by atoms with Crippen molar-refractivity contribution < 1.29 is 4.74 Å². The van der Waals surface area contributed by atoms with E-state index in [4.69, 9.17) is 4.74 Å². The highest BCUT2D eigenvalue weighted by Gasteiger charge is 2.21. The molecule has 0 aromatic carbocycles. The van der Waals surface area contributed by atoms with Crippen LogP contribution in [0.3, 0.4) is 0 Å². The Bertz CT molecular complexity index is 350. The van der Waals surface area contributed by atoms with E-state index in [0.29, 0.717) is 6.10 Å². The molecule has 2 unspecified atom stereocenters. The van der Waals surface area contributed by atoms with Gasteiger partial charge in [-0.05, 0) is 37.9 Å². The SMILES string of the molecule is CCC1CCCC(OCc2ccc(CNC)s2)C1. The van der Waals surface area contributed by atoms with E-state index in [1.807, 2.05) is 18.4 Å². The predicted molar refractivity (Wildman–Crippen MR) is 77.9 cm³/mol. The van der Waals surface area contributed by atoms with E-state index in [9.17, 15) is 0 Å². The fraction of sp³-hybridized carbons (Fsp3) is 0.733. The minimum atomic E-state index is 0.499. The van der Waals surface area contributed by atoms with Crippen LogP contribution in [-0.4, -0.2) is 13.2 Å². The second-order valence-corrected chi connectivity index (χ2v) is 6.53. The van der Waals surface area contributed by atoms with Gasteiger partial charge in [-0.15, -0.1) is 11.3 Å². The Morgan fingerprint density at radius 3 is 2.94 bits per heavy atom. The molecule has 1 aliphatic carbocycles. The zero-order chi connectivity index (χ0) is 12.8. The summed E-state index contributed by atoms with van der Waals surface area (Å²) in [6.07, 6.45) is 7.08. The maximum absolute atomic E-state index is 6.08. The van der Waals surface area contributed by atoms with E-state index in [1.54, 1.807) is 0 Å². The Balaban J connectivity index is 1.76. The highest BCUT2D eigenvalue weighted by molar-refractivity contribution is 7.11. The standard InChI is InChI=1S/C15H25NOS/c1-3-12-5-4-6-13(9-12)17-11-15-8-7-14(18-15)10-16-2/h7-8,12-13,16H,3-6,9-11H2,1-2H3. The van der Waals surface area contributed by atoms with Gasteiger partial charge in [-0.3, -0.25) is 0 Å². The predicted octanol–water partition coefficient (Wildman–Crippen LogP) is 3.95. The van der Waals surface area contributed by atoms with Gasteiger partial charge in [-0.2, -0.15) is 0 Å². The zero-order valence-electron chi connectivity index (χ0n) is 11.6. The van der Waals surface area contributed by atoms with Crippen LogP contribution in [0.4, 0.5) is 0 Å². The van der Waals surface area contributed by atoms with Gasteiger partial charge in [0.05, 0.1) is 12.7 Å². The Morgan fingerprint density at radius 2 is 2.17 bits per heavy atom. The van der Waals surface area contributed by atoms with E-state index in [-0.39, 0.29) is 0 Å². The van der Waals surface area contributed by atoms with Gasteiger partial charge in [0.2, 0.25) is 0 Å². The molecule has 1 aliphatic rings. The number of hydrogen-bond donors (Lipinski definition) is 1. The minimum Gasteiger partial charge on any atom is -0.373 e. The minimum absolute atomic E-state index is 0.499. The van der Waals surface area contributed by atoms with E-state index >= 15 is 0 Å².